The van der Waals surface area contributed by atoms with Gasteiger partial charge in [0, 0.05) is 25.7 Å². The molecule has 1 fully saturated rings. The largest absolute Gasteiger partial charge is 0.474 e. The lowest BCUT2D eigenvalue weighted by Gasteiger charge is -2.35. The highest BCUT2D eigenvalue weighted by atomic mass is 16.5. The minimum absolute atomic E-state index is 0.0755. The van der Waals surface area contributed by atoms with Crippen LogP contribution in [0.15, 0.2) is 79.1 Å². The molecular weight excluding hydrogens is 430 g/mol. The summed E-state index contributed by atoms with van der Waals surface area (Å²) in [7, 11) is 0. The third kappa shape index (κ3) is 5.59. The van der Waals surface area contributed by atoms with Crippen molar-refractivity contribution in [1.29, 1.82) is 0 Å². The second kappa shape index (κ2) is 10.7. The van der Waals surface area contributed by atoms with Crippen LogP contribution in [0.1, 0.15) is 30.1 Å². The monoisotopic (exact) mass is 459 g/mol. The third-order valence-corrected chi connectivity index (χ3v) is 6.10. The lowest BCUT2D eigenvalue weighted by atomic mass is 10.00. The van der Waals surface area contributed by atoms with Crippen LogP contribution >= 0.6 is 0 Å². The molecular formula is C26H29N5O3. The number of aliphatic hydroxyl groups is 1. The lowest BCUT2D eigenvalue weighted by Crippen LogP contribution is -2.42. The average Bonchev–Trinajstić information content (AvgIpc) is 3.36. The van der Waals surface area contributed by atoms with Crippen molar-refractivity contribution in [3.8, 4) is 5.88 Å². The normalized spacial score (nSPS) is 16.2. The zero-order valence-corrected chi connectivity index (χ0v) is 19.0. The molecule has 2 aromatic carbocycles. The number of aliphatic hydroxyl groups excluding tert-OH is 1. The van der Waals surface area contributed by atoms with Gasteiger partial charge in [0.15, 0.2) is 5.65 Å². The Balaban J connectivity index is 1.11. The van der Waals surface area contributed by atoms with Gasteiger partial charge < -0.3 is 19.5 Å². The van der Waals surface area contributed by atoms with Gasteiger partial charge in [-0.25, -0.2) is 0 Å². The number of likely N-dealkylation sites (tertiary alicyclic amines) is 1. The van der Waals surface area contributed by atoms with E-state index >= 15 is 0 Å². The van der Waals surface area contributed by atoms with Gasteiger partial charge in [0.2, 0.25) is 5.88 Å². The number of hydrogen-bond donors (Lipinski definition) is 1. The molecule has 1 aliphatic rings. The summed E-state index contributed by atoms with van der Waals surface area (Å²) in [5.41, 5.74) is 2.99. The van der Waals surface area contributed by atoms with Crippen LogP contribution in [0.2, 0.25) is 0 Å². The summed E-state index contributed by atoms with van der Waals surface area (Å²) in [5.74, 6) is 0.436. The number of aromatic nitrogens is 4. The van der Waals surface area contributed by atoms with Gasteiger partial charge in [-0.2, -0.15) is 4.52 Å². The molecule has 34 heavy (non-hydrogen) atoms. The smallest absolute Gasteiger partial charge is 0.231 e. The Bertz CT molecular complexity index is 1120. The highest BCUT2D eigenvalue weighted by Crippen LogP contribution is 2.30. The van der Waals surface area contributed by atoms with E-state index in [1.54, 1.807) is 16.6 Å². The molecule has 2 aromatic heterocycles. The van der Waals surface area contributed by atoms with Gasteiger partial charge in [0.25, 0.3) is 0 Å². The van der Waals surface area contributed by atoms with Crippen LogP contribution in [0.4, 0.5) is 0 Å². The zero-order chi connectivity index (χ0) is 23.2. The van der Waals surface area contributed by atoms with E-state index in [1.165, 1.54) is 17.5 Å². The third-order valence-electron chi connectivity index (χ3n) is 6.10. The molecule has 4 aromatic rings. The van der Waals surface area contributed by atoms with Crippen molar-refractivity contribution in [2.24, 2.45) is 0 Å². The van der Waals surface area contributed by atoms with Crippen LogP contribution in [0.3, 0.4) is 0 Å². The van der Waals surface area contributed by atoms with Gasteiger partial charge in [-0.15, -0.1) is 15.3 Å². The van der Waals surface area contributed by atoms with Crippen molar-refractivity contribution in [3.63, 3.8) is 0 Å². The molecule has 8 nitrogen and oxygen atoms in total. The van der Waals surface area contributed by atoms with Crippen LogP contribution in [-0.2, 0) is 4.74 Å². The number of rotatable bonds is 9. The number of piperidine rings is 1. The first-order chi connectivity index (χ1) is 16.7. The fourth-order valence-corrected chi connectivity index (χ4v) is 4.35. The summed E-state index contributed by atoms with van der Waals surface area (Å²) in [5, 5.41) is 22.5. The number of β-amino-alcohol motifs (C(OH)–C–C–N with tert-alkyl or cyclic N) is 1. The molecule has 0 radical (unpaired) electrons. The molecule has 0 saturated carbocycles. The minimum atomic E-state index is -0.600. The molecule has 1 aliphatic heterocycles. The Morgan fingerprint density at radius 1 is 0.912 bits per heavy atom. The summed E-state index contributed by atoms with van der Waals surface area (Å²) in [4.78, 5) is 2.27. The molecule has 0 spiro atoms. The van der Waals surface area contributed by atoms with E-state index in [2.05, 4.69) is 68.7 Å². The van der Waals surface area contributed by atoms with Gasteiger partial charge in [-0.1, -0.05) is 60.7 Å². The molecule has 3 heterocycles. The summed E-state index contributed by atoms with van der Waals surface area (Å²) < 4.78 is 13.8. The molecule has 0 bridgehead atoms. The summed E-state index contributed by atoms with van der Waals surface area (Å²) >= 11 is 0. The van der Waals surface area contributed by atoms with E-state index in [0.29, 0.717) is 18.1 Å². The van der Waals surface area contributed by atoms with E-state index in [-0.39, 0.29) is 18.8 Å². The number of ether oxygens (including phenoxy) is 2. The van der Waals surface area contributed by atoms with Crippen molar-refractivity contribution in [2.45, 2.75) is 31.2 Å². The summed E-state index contributed by atoms with van der Waals surface area (Å²) in [6, 6.07) is 24.3. The first kappa shape index (κ1) is 22.5. The van der Waals surface area contributed by atoms with Crippen LogP contribution in [0, 0.1) is 0 Å². The highest BCUT2D eigenvalue weighted by molar-refractivity contribution is 5.35. The van der Waals surface area contributed by atoms with Crippen molar-refractivity contribution in [3.05, 3.63) is 90.3 Å². The minimum Gasteiger partial charge on any atom is -0.474 e. The highest BCUT2D eigenvalue weighted by Gasteiger charge is 2.25. The van der Waals surface area contributed by atoms with Crippen molar-refractivity contribution >= 4 is 5.65 Å². The number of fused-ring (bicyclic) bond motifs is 1. The number of nitrogens with zero attached hydrogens (tertiary/aromatic N) is 5. The second-order valence-electron chi connectivity index (χ2n) is 8.61. The van der Waals surface area contributed by atoms with Crippen molar-refractivity contribution in [1.82, 2.24) is 24.7 Å². The fourth-order valence-electron chi connectivity index (χ4n) is 4.35. The quantitative estimate of drug-likeness (QED) is 0.412. The first-order valence-corrected chi connectivity index (χ1v) is 11.7. The van der Waals surface area contributed by atoms with Crippen molar-refractivity contribution in [2.75, 3.05) is 26.2 Å². The van der Waals surface area contributed by atoms with Crippen LogP contribution in [-0.4, -0.2) is 68.3 Å². The Morgan fingerprint density at radius 2 is 1.59 bits per heavy atom. The molecule has 1 saturated heterocycles. The van der Waals surface area contributed by atoms with Crippen LogP contribution < -0.4 is 4.74 Å². The van der Waals surface area contributed by atoms with Gasteiger partial charge >= 0.3 is 0 Å². The molecule has 176 valence electrons. The van der Waals surface area contributed by atoms with Crippen molar-refractivity contribution < 1.29 is 14.6 Å². The standard InChI is InChI=1S/C26H29N5O3/c32-22(18-33-25-12-11-24-28-27-19-31(24)29-25)17-30-15-13-23(14-16-30)34-26(20-7-3-1-4-8-20)21-9-5-2-6-10-21/h1-12,19,22-23,26,32H,13-18H2. The zero-order valence-electron chi connectivity index (χ0n) is 19.0. The van der Waals surface area contributed by atoms with Gasteiger partial charge in [0.1, 0.15) is 25.1 Å². The Kier molecular flexibility index (Phi) is 7.09. The molecule has 1 unspecified atom stereocenters. The first-order valence-electron chi connectivity index (χ1n) is 11.7. The SMILES string of the molecule is OC(COc1ccc2nncn2n1)CN1CCC(OC(c2ccccc2)c2ccccc2)CC1. The predicted molar refractivity (Wildman–Crippen MR) is 128 cm³/mol. The maximum atomic E-state index is 10.5. The molecule has 1 N–H and O–H groups in total. The second-order valence-corrected chi connectivity index (χ2v) is 8.61. The van der Waals surface area contributed by atoms with Gasteiger partial charge in [0.05, 0.1) is 6.10 Å². The Hall–Kier alpha value is -3.33. The Morgan fingerprint density at radius 3 is 2.26 bits per heavy atom. The van der Waals surface area contributed by atoms with Gasteiger partial charge in [-0.3, -0.25) is 0 Å². The summed E-state index contributed by atoms with van der Waals surface area (Å²) in [6.45, 7) is 2.50. The molecule has 1 atom stereocenters. The molecule has 5 rings (SSSR count). The van der Waals surface area contributed by atoms with E-state index in [4.69, 9.17) is 9.47 Å². The maximum Gasteiger partial charge on any atom is 0.231 e. The van der Waals surface area contributed by atoms with Crippen LogP contribution in [0.5, 0.6) is 5.88 Å². The van der Waals surface area contributed by atoms with E-state index in [1.807, 2.05) is 12.1 Å². The number of hydrogen-bond acceptors (Lipinski definition) is 7. The number of benzene rings is 2. The van der Waals surface area contributed by atoms with Gasteiger partial charge in [-0.05, 0) is 30.0 Å². The molecule has 8 heteroatoms. The topological polar surface area (TPSA) is 85.0 Å². The van der Waals surface area contributed by atoms with E-state index in [9.17, 15) is 5.11 Å². The van der Waals surface area contributed by atoms with E-state index < -0.39 is 6.10 Å². The molecule has 0 amide bonds. The summed E-state index contributed by atoms with van der Waals surface area (Å²) in [6.07, 6.45) is 2.87. The maximum absolute atomic E-state index is 10.5. The van der Waals surface area contributed by atoms with Crippen LogP contribution in [0.25, 0.3) is 5.65 Å². The average molecular weight is 460 g/mol. The lowest BCUT2D eigenvalue weighted by molar-refractivity contribution is -0.0347. The molecule has 0 aliphatic carbocycles. The van der Waals surface area contributed by atoms with E-state index in [0.717, 1.165) is 25.9 Å². The Labute approximate surface area is 198 Å². The fraction of sp³-hybridized carbons (Fsp3) is 0.346. The predicted octanol–water partition coefficient (Wildman–Crippen LogP) is 3.13.